The van der Waals surface area contributed by atoms with Crippen LogP contribution in [0.5, 0.6) is 5.75 Å². The summed E-state index contributed by atoms with van der Waals surface area (Å²) in [7, 11) is 3.30. The van der Waals surface area contributed by atoms with E-state index in [1.54, 1.807) is 14.2 Å². The van der Waals surface area contributed by atoms with Crippen LogP contribution in [-0.4, -0.2) is 44.0 Å². The molecule has 0 unspecified atom stereocenters. The number of hydrogen-bond acceptors (Lipinski definition) is 3. The van der Waals surface area contributed by atoms with Crippen molar-refractivity contribution in [3.8, 4) is 5.75 Å². The topological polar surface area (TPSA) is 58.6 Å². The Labute approximate surface area is 131 Å². The number of carbonyl (C=O) groups is 2. The van der Waals surface area contributed by atoms with Crippen LogP contribution in [0, 0.1) is 5.92 Å². The van der Waals surface area contributed by atoms with Crippen molar-refractivity contribution in [2.45, 2.75) is 25.7 Å². The third kappa shape index (κ3) is 4.00. The zero-order chi connectivity index (χ0) is 15.9. The van der Waals surface area contributed by atoms with Gasteiger partial charge in [-0.25, -0.2) is 0 Å². The van der Waals surface area contributed by atoms with Gasteiger partial charge in [-0.2, -0.15) is 0 Å². The highest BCUT2D eigenvalue weighted by molar-refractivity contribution is 5.80. The SMILES string of the molecule is CNC(=O)C1CCN(C(=O)CCc2ccccc2OC)CC1. The molecule has 1 saturated heterocycles. The summed E-state index contributed by atoms with van der Waals surface area (Å²) in [6, 6.07) is 7.78. The molecule has 120 valence electrons. The number of methoxy groups -OCH3 is 1. The van der Waals surface area contributed by atoms with Gasteiger partial charge in [0.05, 0.1) is 7.11 Å². The van der Waals surface area contributed by atoms with Crippen molar-refractivity contribution in [2.75, 3.05) is 27.2 Å². The van der Waals surface area contributed by atoms with Crippen molar-refractivity contribution in [2.24, 2.45) is 5.92 Å². The highest BCUT2D eigenvalue weighted by atomic mass is 16.5. The number of rotatable bonds is 5. The summed E-state index contributed by atoms with van der Waals surface area (Å²) in [6.07, 6.45) is 2.66. The van der Waals surface area contributed by atoms with Crippen LogP contribution in [0.15, 0.2) is 24.3 Å². The Balaban J connectivity index is 1.82. The fourth-order valence-corrected chi connectivity index (χ4v) is 2.90. The molecule has 0 spiro atoms. The maximum Gasteiger partial charge on any atom is 0.222 e. The summed E-state index contributed by atoms with van der Waals surface area (Å²) in [5, 5.41) is 2.68. The molecule has 1 heterocycles. The van der Waals surface area contributed by atoms with E-state index in [2.05, 4.69) is 5.32 Å². The Bertz CT molecular complexity index is 522. The molecule has 1 fully saturated rings. The van der Waals surface area contributed by atoms with Crippen LogP contribution in [0.2, 0.25) is 0 Å². The molecule has 0 radical (unpaired) electrons. The normalized spacial score (nSPS) is 15.5. The van der Waals surface area contributed by atoms with Crippen LogP contribution in [0.4, 0.5) is 0 Å². The minimum atomic E-state index is 0.0447. The van der Waals surface area contributed by atoms with E-state index in [1.165, 1.54) is 0 Å². The van der Waals surface area contributed by atoms with Crippen molar-refractivity contribution < 1.29 is 14.3 Å². The lowest BCUT2D eigenvalue weighted by Crippen LogP contribution is -2.42. The number of ether oxygens (including phenoxy) is 1. The number of carbonyl (C=O) groups excluding carboxylic acids is 2. The summed E-state index contributed by atoms with van der Waals surface area (Å²) in [5.41, 5.74) is 1.05. The molecule has 5 nitrogen and oxygen atoms in total. The van der Waals surface area contributed by atoms with Gasteiger partial charge in [0.15, 0.2) is 0 Å². The molecule has 1 aliphatic heterocycles. The largest absolute Gasteiger partial charge is 0.496 e. The minimum absolute atomic E-state index is 0.0447. The fourth-order valence-electron chi connectivity index (χ4n) is 2.90. The Hall–Kier alpha value is -2.04. The number of hydrogen-bond donors (Lipinski definition) is 1. The van der Waals surface area contributed by atoms with E-state index in [0.717, 1.165) is 24.2 Å². The molecule has 0 atom stereocenters. The second kappa shape index (κ2) is 7.82. The Kier molecular flexibility index (Phi) is 5.81. The first-order valence-electron chi connectivity index (χ1n) is 7.77. The van der Waals surface area contributed by atoms with E-state index >= 15 is 0 Å². The second-order valence-electron chi connectivity index (χ2n) is 5.58. The molecular weight excluding hydrogens is 280 g/mol. The lowest BCUT2D eigenvalue weighted by Gasteiger charge is -2.31. The number of piperidine rings is 1. The number of nitrogens with zero attached hydrogens (tertiary/aromatic N) is 1. The van der Waals surface area contributed by atoms with Crippen LogP contribution in [0.3, 0.4) is 0 Å². The number of likely N-dealkylation sites (tertiary alicyclic amines) is 1. The summed E-state index contributed by atoms with van der Waals surface area (Å²) in [5.74, 6) is 1.11. The number of amides is 2. The number of aryl methyl sites for hydroxylation is 1. The maximum absolute atomic E-state index is 12.3. The van der Waals surface area contributed by atoms with Crippen molar-refractivity contribution in [3.63, 3.8) is 0 Å². The molecule has 1 aromatic carbocycles. The van der Waals surface area contributed by atoms with Gasteiger partial charge in [-0.1, -0.05) is 18.2 Å². The first-order chi connectivity index (χ1) is 10.7. The van der Waals surface area contributed by atoms with Gasteiger partial charge >= 0.3 is 0 Å². The highest BCUT2D eigenvalue weighted by Gasteiger charge is 2.26. The maximum atomic E-state index is 12.3. The number of nitrogens with one attached hydrogen (secondary N) is 1. The molecule has 22 heavy (non-hydrogen) atoms. The number of benzene rings is 1. The molecule has 1 aliphatic rings. The highest BCUT2D eigenvalue weighted by Crippen LogP contribution is 2.21. The van der Waals surface area contributed by atoms with Gasteiger partial charge in [0.1, 0.15) is 5.75 Å². The molecular formula is C17H24N2O3. The van der Waals surface area contributed by atoms with E-state index in [1.807, 2.05) is 29.2 Å². The van der Waals surface area contributed by atoms with Gasteiger partial charge in [-0.15, -0.1) is 0 Å². The van der Waals surface area contributed by atoms with E-state index in [4.69, 9.17) is 4.74 Å². The van der Waals surface area contributed by atoms with Crippen LogP contribution in [0.1, 0.15) is 24.8 Å². The Morgan fingerprint density at radius 1 is 1.27 bits per heavy atom. The molecule has 1 aromatic rings. The lowest BCUT2D eigenvalue weighted by molar-refractivity contribution is -0.135. The quantitative estimate of drug-likeness (QED) is 0.899. The van der Waals surface area contributed by atoms with Gasteiger partial charge in [0, 0.05) is 32.5 Å². The van der Waals surface area contributed by atoms with Crippen molar-refractivity contribution in [1.82, 2.24) is 10.2 Å². The number of para-hydroxylation sites is 1. The second-order valence-corrected chi connectivity index (χ2v) is 5.58. The monoisotopic (exact) mass is 304 g/mol. The van der Waals surface area contributed by atoms with E-state index in [0.29, 0.717) is 25.9 Å². The van der Waals surface area contributed by atoms with Crippen molar-refractivity contribution in [1.29, 1.82) is 0 Å². The lowest BCUT2D eigenvalue weighted by atomic mass is 9.95. The smallest absolute Gasteiger partial charge is 0.222 e. The molecule has 0 saturated carbocycles. The van der Waals surface area contributed by atoms with Crippen LogP contribution in [0.25, 0.3) is 0 Å². The molecule has 0 bridgehead atoms. The van der Waals surface area contributed by atoms with Crippen LogP contribution in [-0.2, 0) is 16.0 Å². The van der Waals surface area contributed by atoms with Crippen LogP contribution < -0.4 is 10.1 Å². The standard InChI is InChI=1S/C17H24N2O3/c1-18-17(21)14-9-11-19(12-10-14)16(20)8-7-13-5-3-4-6-15(13)22-2/h3-6,14H,7-12H2,1-2H3,(H,18,21). The van der Waals surface area contributed by atoms with Gasteiger partial charge in [0.25, 0.3) is 0 Å². The van der Waals surface area contributed by atoms with Crippen molar-refractivity contribution >= 4 is 11.8 Å². The van der Waals surface area contributed by atoms with Gasteiger partial charge < -0.3 is 15.0 Å². The molecule has 0 aromatic heterocycles. The minimum Gasteiger partial charge on any atom is -0.496 e. The predicted octanol–water partition coefficient (Wildman–Crippen LogP) is 1.61. The fraction of sp³-hybridized carbons (Fsp3) is 0.529. The summed E-state index contributed by atoms with van der Waals surface area (Å²) < 4.78 is 5.31. The first-order valence-corrected chi connectivity index (χ1v) is 7.77. The van der Waals surface area contributed by atoms with Crippen LogP contribution >= 0.6 is 0 Å². The molecule has 2 amide bonds. The summed E-state index contributed by atoms with van der Waals surface area (Å²) >= 11 is 0. The molecule has 5 heteroatoms. The van der Waals surface area contributed by atoms with E-state index in [-0.39, 0.29) is 17.7 Å². The van der Waals surface area contributed by atoms with E-state index in [9.17, 15) is 9.59 Å². The Morgan fingerprint density at radius 2 is 1.95 bits per heavy atom. The molecule has 1 N–H and O–H groups in total. The third-order valence-corrected chi connectivity index (χ3v) is 4.27. The van der Waals surface area contributed by atoms with Gasteiger partial charge in [0.2, 0.25) is 11.8 Å². The van der Waals surface area contributed by atoms with Crippen molar-refractivity contribution in [3.05, 3.63) is 29.8 Å². The molecule has 2 rings (SSSR count). The van der Waals surface area contributed by atoms with Gasteiger partial charge in [-0.05, 0) is 30.9 Å². The Morgan fingerprint density at radius 3 is 2.59 bits per heavy atom. The first kappa shape index (κ1) is 16.3. The van der Waals surface area contributed by atoms with E-state index < -0.39 is 0 Å². The molecule has 0 aliphatic carbocycles. The third-order valence-electron chi connectivity index (χ3n) is 4.27. The summed E-state index contributed by atoms with van der Waals surface area (Å²) in [6.45, 7) is 1.34. The average Bonchev–Trinajstić information content (AvgIpc) is 2.59. The van der Waals surface area contributed by atoms with Gasteiger partial charge in [-0.3, -0.25) is 9.59 Å². The zero-order valence-electron chi connectivity index (χ0n) is 13.3. The zero-order valence-corrected chi connectivity index (χ0v) is 13.3. The predicted molar refractivity (Wildman–Crippen MR) is 84.7 cm³/mol. The summed E-state index contributed by atoms with van der Waals surface area (Å²) in [4.78, 5) is 25.8. The average molecular weight is 304 g/mol.